The Balaban J connectivity index is 1.80. The van der Waals surface area contributed by atoms with Crippen LogP contribution in [0.1, 0.15) is 5.56 Å². The highest BCUT2D eigenvalue weighted by molar-refractivity contribution is 8.18. The molecule has 1 N–H and O–H groups in total. The Morgan fingerprint density at radius 2 is 1.90 bits per heavy atom. The first-order valence-electron chi connectivity index (χ1n) is 8.94. The van der Waals surface area contributed by atoms with E-state index in [2.05, 4.69) is 15.0 Å². The summed E-state index contributed by atoms with van der Waals surface area (Å²) in [5.74, 6) is 0.420. The Morgan fingerprint density at radius 3 is 2.55 bits per heavy atom. The molecule has 0 bridgehead atoms. The maximum atomic E-state index is 12.4. The fourth-order valence-corrected chi connectivity index (χ4v) is 3.67. The van der Waals surface area contributed by atoms with Gasteiger partial charge in [-0.1, -0.05) is 11.6 Å². The lowest BCUT2D eigenvalue weighted by atomic mass is 10.2. The number of carbonyl (C=O) groups excluding carboxylic acids is 2. The number of methoxy groups -OCH3 is 3. The van der Waals surface area contributed by atoms with Crippen molar-refractivity contribution in [3.05, 3.63) is 51.9 Å². The van der Waals surface area contributed by atoms with E-state index in [4.69, 9.17) is 25.8 Å². The van der Waals surface area contributed by atoms with Gasteiger partial charge in [-0.15, -0.1) is 0 Å². The molecule has 1 fully saturated rings. The predicted molar refractivity (Wildman–Crippen MR) is 119 cm³/mol. The minimum atomic E-state index is -0.549. The molecule has 3 rings (SSSR count). The van der Waals surface area contributed by atoms with Gasteiger partial charge in [0.25, 0.3) is 5.91 Å². The van der Waals surface area contributed by atoms with Crippen LogP contribution in [0.25, 0.3) is 6.08 Å². The van der Waals surface area contributed by atoms with Gasteiger partial charge in [0, 0.05) is 0 Å². The number of halogens is 1. The highest BCUT2D eigenvalue weighted by atomic mass is 35.5. The third-order valence-corrected chi connectivity index (χ3v) is 5.26. The van der Waals surface area contributed by atoms with Crippen LogP contribution in [-0.2, 0) is 14.3 Å². The lowest BCUT2D eigenvalue weighted by Gasteiger charge is -2.12. The van der Waals surface area contributed by atoms with E-state index >= 15 is 0 Å². The topological polar surface area (TPSA) is 95.5 Å². The van der Waals surface area contributed by atoms with Gasteiger partial charge in [0.1, 0.15) is 5.75 Å². The molecule has 8 nitrogen and oxygen atoms in total. The van der Waals surface area contributed by atoms with Crippen LogP contribution in [0.5, 0.6) is 17.2 Å². The van der Waals surface area contributed by atoms with Crippen molar-refractivity contribution in [3.63, 3.8) is 0 Å². The first-order valence-corrected chi connectivity index (χ1v) is 10.1. The quantitative estimate of drug-likeness (QED) is 0.494. The molecule has 1 saturated heterocycles. The fourth-order valence-electron chi connectivity index (χ4n) is 2.56. The van der Waals surface area contributed by atoms with Gasteiger partial charge < -0.3 is 24.3 Å². The van der Waals surface area contributed by atoms with Crippen LogP contribution in [0.15, 0.2) is 46.3 Å². The zero-order valence-corrected chi connectivity index (χ0v) is 18.5. The minimum Gasteiger partial charge on any atom is -0.497 e. The van der Waals surface area contributed by atoms with Crippen molar-refractivity contribution >= 4 is 52.2 Å². The SMILES string of the molecule is COC(=O)COc1c(Cl)cc(/C=C2/SC(=Nc3ccc(OC)cc3)NC2=O)cc1OC. The van der Waals surface area contributed by atoms with Crippen LogP contribution in [0, 0.1) is 0 Å². The number of rotatable bonds is 7. The van der Waals surface area contributed by atoms with Crippen molar-refractivity contribution in [2.24, 2.45) is 4.99 Å². The second-order valence-electron chi connectivity index (χ2n) is 6.08. The van der Waals surface area contributed by atoms with Crippen molar-refractivity contribution in [2.45, 2.75) is 0 Å². The summed E-state index contributed by atoms with van der Waals surface area (Å²) in [6.45, 7) is -0.309. The van der Waals surface area contributed by atoms with Crippen molar-refractivity contribution in [2.75, 3.05) is 27.9 Å². The fraction of sp³-hybridized carbons (Fsp3) is 0.190. The van der Waals surface area contributed by atoms with Crippen LogP contribution < -0.4 is 19.5 Å². The van der Waals surface area contributed by atoms with Crippen molar-refractivity contribution in [1.29, 1.82) is 0 Å². The van der Waals surface area contributed by atoms with Crippen LogP contribution in [0.2, 0.25) is 5.02 Å². The van der Waals surface area contributed by atoms with Crippen molar-refractivity contribution < 1.29 is 28.5 Å². The first kappa shape index (κ1) is 22.5. The summed E-state index contributed by atoms with van der Waals surface area (Å²) >= 11 is 7.50. The zero-order valence-electron chi connectivity index (χ0n) is 16.9. The number of benzene rings is 2. The third-order valence-electron chi connectivity index (χ3n) is 4.07. The molecule has 1 aliphatic rings. The number of hydrogen-bond donors (Lipinski definition) is 1. The smallest absolute Gasteiger partial charge is 0.343 e. The molecule has 0 atom stereocenters. The molecule has 1 heterocycles. The van der Waals surface area contributed by atoms with Crippen molar-refractivity contribution in [1.82, 2.24) is 5.32 Å². The van der Waals surface area contributed by atoms with Gasteiger partial charge in [-0.05, 0) is 59.8 Å². The van der Waals surface area contributed by atoms with Crippen LogP contribution in [0.3, 0.4) is 0 Å². The Kier molecular flexibility index (Phi) is 7.43. The number of hydrogen-bond acceptors (Lipinski definition) is 8. The van der Waals surface area contributed by atoms with E-state index in [1.807, 2.05) is 0 Å². The molecule has 0 aliphatic carbocycles. The Morgan fingerprint density at radius 1 is 1.16 bits per heavy atom. The van der Waals surface area contributed by atoms with E-state index in [0.29, 0.717) is 27.1 Å². The number of nitrogens with one attached hydrogen (secondary N) is 1. The number of carbonyl (C=O) groups is 2. The van der Waals surface area contributed by atoms with E-state index in [9.17, 15) is 9.59 Å². The van der Waals surface area contributed by atoms with Crippen LogP contribution >= 0.6 is 23.4 Å². The Hall–Kier alpha value is -3.17. The van der Waals surface area contributed by atoms with Gasteiger partial charge in [0.2, 0.25) is 0 Å². The maximum Gasteiger partial charge on any atom is 0.343 e. The molecule has 0 saturated carbocycles. The van der Waals surface area contributed by atoms with Crippen LogP contribution in [0.4, 0.5) is 5.69 Å². The van der Waals surface area contributed by atoms with Crippen molar-refractivity contribution in [3.8, 4) is 17.2 Å². The minimum absolute atomic E-state index is 0.210. The predicted octanol–water partition coefficient (Wildman–Crippen LogP) is 3.80. The number of amidine groups is 1. The normalized spacial score (nSPS) is 15.7. The lowest BCUT2D eigenvalue weighted by molar-refractivity contribution is -0.142. The van der Waals surface area contributed by atoms with Gasteiger partial charge >= 0.3 is 5.97 Å². The molecule has 162 valence electrons. The molecule has 10 heteroatoms. The highest BCUT2D eigenvalue weighted by Crippen LogP contribution is 2.38. The molecule has 0 radical (unpaired) electrons. The number of amides is 1. The van der Waals surface area contributed by atoms with E-state index < -0.39 is 5.97 Å². The number of ether oxygens (including phenoxy) is 4. The van der Waals surface area contributed by atoms with E-state index in [0.717, 1.165) is 5.75 Å². The molecule has 31 heavy (non-hydrogen) atoms. The average Bonchev–Trinajstić information content (AvgIpc) is 3.11. The zero-order chi connectivity index (χ0) is 22.4. The molecule has 1 aliphatic heterocycles. The summed E-state index contributed by atoms with van der Waals surface area (Å²) in [5, 5.41) is 3.41. The van der Waals surface area contributed by atoms with Gasteiger partial charge in [-0.2, -0.15) is 0 Å². The molecule has 0 aromatic heterocycles. The molecular formula is C21H19ClN2O6S. The summed E-state index contributed by atoms with van der Waals surface area (Å²) in [4.78, 5) is 28.5. The number of nitrogens with zero attached hydrogens (tertiary/aromatic N) is 1. The summed E-state index contributed by atoms with van der Waals surface area (Å²) in [6.07, 6.45) is 1.66. The summed E-state index contributed by atoms with van der Waals surface area (Å²) < 4.78 is 20.4. The van der Waals surface area contributed by atoms with E-state index in [-0.39, 0.29) is 23.3 Å². The first-order chi connectivity index (χ1) is 14.9. The molecular weight excluding hydrogens is 444 g/mol. The Labute approximate surface area is 188 Å². The average molecular weight is 463 g/mol. The van der Waals surface area contributed by atoms with Gasteiger partial charge in [-0.3, -0.25) is 4.79 Å². The molecule has 0 spiro atoms. The number of aliphatic imine (C=N–C) groups is 1. The largest absolute Gasteiger partial charge is 0.497 e. The van der Waals surface area contributed by atoms with Gasteiger partial charge in [-0.25, -0.2) is 9.79 Å². The second kappa shape index (κ2) is 10.2. The molecule has 2 aromatic carbocycles. The highest BCUT2D eigenvalue weighted by Gasteiger charge is 2.24. The number of thioether (sulfide) groups is 1. The third kappa shape index (κ3) is 5.71. The molecule has 0 unspecified atom stereocenters. The van der Waals surface area contributed by atoms with Gasteiger partial charge in [0.05, 0.1) is 36.9 Å². The summed E-state index contributed by atoms with van der Waals surface area (Å²) in [6, 6.07) is 10.4. The number of esters is 1. The Bertz CT molecular complexity index is 1050. The van der Waals surface area contributed by atoms with Gasteiger partial charge in [0.15, 0.2) is 23.3 Å². The lowest BCUT2D eigenvalue weighted by Crippen LogP contribution is -2.19. The van der Waals surface area contributed by atoms with E-state index in [1.54, 1.807) is 49.6 Å². The molecule has 2 aromatic rings. The van der Waals surface area contributed by atoms with Crippen LogP contribution in [-0.4, -0.2) is 45.0 Å². The monoisotopic (exact) mass is 462 g/mol. The molecule has 1 amide bonds. The summed E-state index contributed by atoms with van der Waals surface area (Å²) in [7, 11) is 4.30. The maximum absolute atomic E-state index is 12.4. The standard InChI is InChI=1S/C21H19ClN2O6S/c1-27-14-6-4-13(5-7-14)23-21-24-20(26)17(31-21)10-12-8-15(22)19(16(9-12)28-2)30-11-18(25)29-3/h4-10H,11H2,1-3H3,(H,23,24,26)/b17-10+. The summed E-state index contributed by atoms with van der Waals surface area (Å²) in [5.41, 5.74) is 1.30. The van der Waals surface area contributed by atoms with E-state index in [1.165, 1.54) is 26.0 Å². The second-order valence-corrected chi connectivity index (χ2v) is 7.52.